The molecule has 1 aliphatic rings. The number of nitrogen functional groups attached to an aromatic ring is 1. The van der Waals surface area contributed by atoms with E-state index in [1.54, 1.807) is 0 Å². The Morgan fingerprint density at radius 2 is 2.42 bits per heavy atom. The molecular weight excluding hydrogens is 158 g/mol. The second kappa shape index (κ2) is 2.72. The lowest BCUT2D eigenvalue weighted by Crippen LogP contribution is -2.15. The van der Waals surface area contributed by atoms with Gasteiger partial charge in [-0.1, -0.05) is 0 Å². The van der Waals surface area contributed by atoms with Crippen molar-refractivity contribution in [2.24, 2.45) is 0 Å². The molecule has 0 spiro atoms. The average molecular weight is 169 g/mol. The molecule has 2 rings (SSSR count). The van der Waals surface area contributed by atoms with Crippen LogP contribution in [0.5, 0.6) is 0 Å². The maximum Gasteiger partial charge on any atom is 0.239 e. The third kappa shape index (κ3) is 1.26. The first kappa shape index (κ1) is 7.51. The van der Waals surface area contributed by atoms with Crippen molar-refractivity contribution in [1.29, 1.82) is 0 Å². The topological polar surface area (TPSA) is 99.8 Å². The zero-order chi connectivity index (χ0) is 8.55. The van der Waals surface area contributed by atoms with Crippen LogP contribution < -0.4 is 11.1 Å². The van der Waals surface area contributed by atoms with Gasteiger partial charge in [0.2, 0.25) is 5.95 Å². The number of aromatic amines is 1. The molecule has 1 aromatic heterocycles. The highest BCUT2D eigenvalue weighted by Crippen LogP contribution is 2.19. The highest BCUT2D eigenvalue weighted by Gasteiger charge is 2.25. The van der Waals surface area contributed by atoms with Crippen molar-refractivity contribution in [2.75, 3.05) is 12.3 Å². The van der Waals surface area contributed by atoms with Crippen molar-refractivity contribution < 1.29 is 5.11 Å². The molecule has 0 aliphatic carbocycles. The Morgan fingerprint density at radius 1 is 1.58 bits per heavy atom. The number of nitrogens with zero attached hydrogens (tertiary/aromatic N) is 2. The van der Waals surface area contributed by atoms with Gasteiger partial charge in [-0.25, -0.2) is 0 Å². The predicted molar refractivity (Wildman–Crippen MR) is 42.2 cm³/mol. The molecule has 0 saturated carbocycles. The van der Waals surface area contributed by atoms with E-state index < -0.39 is 0 Å². The molecule has 1 aliphatic heterocycles. The monoisotopic (exact) mass is 169 g/mol. The van der Waals surface area contributed by atoms with Crippen molar-refractivity contribution in [3.8, 4) is 0 Å². The van der Waals surface area contributed by atoms with Crippen molar-refractivity contribution in [3.05, 3.63) is 5.82 Å². The Labute approximate surface area is 69.2 Å². The number of H-pyrrole nitrogens is 1. The fraction of sp³-hybridized carbons (Fsp3) is 0.667. The number of rotatable bonds is 1. The highest BCUT2D eigenvalue weighted by molar-refractivity contribution is 5.15. The van der Waals surface area contributed by atoms with Crippen LogP contribution in [-0.4, -0.2) is 32.9 Å². The maximum absolute atomic E-state index is 9.21. The Balaban J connectivity index is 2.11. The first-order valence-electron chi connectivity index (χ1n) is 3.85. The zero-order valence-corrected chi connectivity index (χ0v) is 6.49. The van der Waals surface area contributed by atoms with Gasteiger partial charge < -0.3 is 16.2 Å². The van der Waals surface area contributed by atoms with Gasteiger partial charge in [-0.15, -0.1) is 5.10 Å². The summed E-state index contributed by atoms with van der Waals surface area (Å²) in [6.07, 6.45) is 0.371. The predicted octanol–water partition coefficient (Wildman–Crippen LogP) is -1.22. The maximum atomic E-state index is 9.21. The van der Waals surface area contributed by atoms with E-state index >= 15 is 0 Å². The van der Waals surface area contributed by atoms with Crippen LogP contribution in [0, 0.1) is 0 Å². The minimum absolute atomic E-state index is 0.0600. The SMILES string of the molecule is Nc1n[nH]c(C2CC(O)CN2)n1. The van der Waals surface area contributed by atoms with Gasteiger partial charge in [0.1, 0.15) is 5.82 Å². The molecular formula is C6H11N5O. The van der Waals surface area contributed by atoms with Gasteiger partial charge in [0, 0.05) is 6.54 Å². The van der Waals surface area contributed by atoms with Gasteiger partial charge in [-0.05, 0) is 6.42 Å². The van der Waals surface area contributed by atoms with Gasteiger partial charge in [-0.3, -0.25) is 5.10 Å². The molecule has 0 aromatic carbocycles. The van der Waals surface area contributed by atoms with Crippen molar-refractivity contribution >= 4 is 5.95 Å². The van der Waals surface area contributed by atoms with Gasteiger partial charge >= 0.3 is 0 Å². The summed E-state index contributed by atoms with van der Waals surface area (Å²) >= 11 is 0. The van der Waals surface area contributed by atoms with Crippen LogP contribution in [0.3, 0.4) is 0 Å². The van der Waals surface area contributed by atoms with Crippen LogP contribution >= 0.6 is 0 Å². The molecule has 5 N–H and O–H groups in total. The number of aliphatic hydroxyl groups excluding tert-OH is 1. The molecule has 12 heavy (non-hydrogen) atoms. The van der Waals surface area contributed by atoms with Crippen molar-refractivity contribution in [2.45, 2.75) is 18.6 Å². The van der Waals surface area contributed by atoms with Crippen molar-refractivity contribution in [1.82, 2.24) is 20.5 Å². The van der Waals surface area contributed by atoms with E-state index in [9.17, 15) is 5.11 Å². The Kier molecular flexibility index (Phi) is 1.70. The van der Waals surface area contributed by atoms with Gasteiger partial charge in [0.25, 0.3) is 0 Å². The van der Waals surface area contributed by atoms with Gasteiger partial charge in [0.05, 0.1) is 12.1 Å². The molecule has 2 heterocycles. The van der Waals surface area contributed by atoms with Crippen LogP contribution in [0.2, 0.25) is 0 Å². The quantitative estimate of drug-likeness (QED) is 0.422. The van der Waals surface area contributed by atoms with E-state index in [0.717, 1.165) is 0 Å². The molecule has 6 heteroatoms. The molecule has 1 fully saturated rings. The molecule has 0 radical (unpaired) electrons. The van der Waals surface area contributed by atoms with E-state index in [0.29, 0.717) is 18.8 Å². The normalized spacial score (nSPS) is 29.4. The van der Waals surface area contributed by atoms with Gasteiger partial charge in [0.15, 0.2) is 0 Å². The molecule has 2 atom stereocenters. The Morgan fingerprint density at radius 3 is 2.92 bits per heavy atom. The fourth-order valence-electron chi connectivity index (χ4n) is 1.37. The number of nitrogens with one attached hydrogen (secondary N) is 2. The number of anilines is 1. The summed E-state index contributed by atoms with van der Waals surface area (Å²) < 4.78 is 0. The van der Waals surface area contributed by atoms with Crippen LogP contribution in [0.15, 0.2) is 0 Å². The lowest BCUT2D eigenvalue weighted by molar-refractivity contribution is 0.193. The van der Waals surface area contributed by atoms with E-state index in [1.165, 1.54) is 0 Å². The summed E-state index contributed by atoms with van der Waals surface area (Å²) in [6, 6.07) is 0.0600. The van der Waals surface area contributed by atoms with Crippen LogP contribution in [0.4, 0.5) is 5.95 Å². The average Bonchev–Trinajstić information content (AvgIpc) is 2.58. The minimum Gasteiger partial charge on any atom is -0.392 e. The summed E-state index contributed by atoms with van der Waals surface area (Å²) in [5, 5.41) is 18.7. The van der Waals surface area contributed by atoms with E-state index in [2.05, 4.69) is 20.5 Å². The molecule has 1 aromatic rings. The van der Waals surface area contributed by atoms with Crippen molar-refractivity contribution in [3.63, 3.8) is 0 Å². The second-order valence-corrected chi connectivity index (χ2v) is 2.93. The smallest absolute Gasteiger partial charge is 0.239 e. The summed E-state index contributed by atoms with van der Waals surface area (Å²) in [4.78, 5) is 3.96. The molecule has 0 bridgehead atoms. The number of hydrogen-bond donors (Lipinski definition) is 4. The number of hydrogen-bond acceptors (Lipinski definition) is 5. The number of β-amino-alcohol motifs (C(OH)–C–C–N with tert-alkyl or cyclic N) is 1. The minimum atomic E-state index is -0.290. The van der Waals surface area contributed by atoms with E-state index in [1.807, 2.05) is 0 Å². The Hall–Kier alpha value is -1.14. The lowest BCUT2D eigenvalue weighted by atomic mass is 10.2. The fourth-order valence-corrected chi connectivity index (χ4v) is 1.37. The molecule has 0 amide bonds. The third-order valence-corrected chi connectivity index (χ3v) is 1.96. The molecule has 1 saturated heterocycles. The Bertz CT molecular complexity index is 273. The molecule has 6 nitrogen and oxygen atoms in total. The van der Waals surface area contributed by atoms with Crippen LogP contribution in [0.25, 0.3) is 0 Å². The van der Waals surface area contributed by atoms with Crippen LogP contribution in [-0.2, 0) is 0 Å². The molecule has 2 unspecified atom stereocenters. The number of nitrogens with two attached hydrogens (primary N) is 1. The zero-order valence-electron chi connectivity index (χ0n) is 6.49. The van der Waals surface area contributed by atoms with Gasteiger partial charge in [-0.2, -0.15) is 4.98 Å². The first-order chi connectivity index (χ1) is 5.75. The van der Waals surface area contributed by atoms with Crippen LogP contribution in [0.1, 0.15) is 18.3 Å². The highest BCUT2D eigenvalue weighted by atomic mass is 16.3. The first-order valence-corrected chi connectivity index (χ1v) is 3.85. The number of aliphatic hydroxyl groups is 1. The summed E-state index contributed by atoms with van der Waals surface area (Å²) in [5.74, 6) is 0.942. The summed E-state index contributed by atoms with van der Waals surface area (Å²) in [5.41, 5.74) is 5.34. The van der Waals surface area contributed by atoms with E-state index in [4.69, 9.17) is 5.73 Å². The third-order valence-electron chi connectivity index (χ3n) is 1.96. The number of aromatic nitrogens is 3. The summed E-state index contributed by atoms with van der Waals surface area (Å²) in [7, 11) is 0. The lowest BCUT2D eigenvalue weighted by Gasteiger charge is -2.03. The summed E-state index contributed by atoms with van der Waals surface area (Å²) in [6.45, 7) is 0.602. The molecule has 66 valence electrons. The standard InChI is InChI=1S/C6H11N5O/c7-6-9-5(10-11-6)4-1-3(12)2-8-4/h3-4,8,12H,1-2H2,(H3,7,9,10,11). The largest absolute Gasteiger partial charge is 0.392 e. The van der Waals surface area contributed by atoms with E-state index in [-0.39, 0.29) is 18.1 Å². The second-order valence-electron chi connectivity index (χ2n) is 2.93.